The van der Waals surface area contributed by atoms with E-state index in [-0.39, 0.29) is 5.91 Å². The zero-order valence-electron chi connectivity index (χ0n) is 11.0. The fourth-order valence-corrected chi connectivity index (χ4v) is 2.27. The lowest BCUT2D eigenvalue weighted by Gasteiger charge is -2.31. The third-order valence-electron chi connectivity index (χ3n) is 3.32. The zero-order valence-corrected chi connectivity index (χ0v) is 11.0. The Morgan fingerprint density at radius 3 is 2.33 bits per heavy atom. The Balaban J connectivity index is 2.10. The van der Waals surface area contributed by atoms with E-state index in [0.717, 1.165) is 16.8 Å². The molecule has 0 saturated carbocycles. The number of hydrogen-bond donors (Lipinski definition) is 2. The summed E-state index contributed by atoms with van der Waals surface area (Å²) in [5, 5.41) is 2.91. The lowest BCUT2D eigenvalue weighted by molar-refractivity contribution is -0.124. The Bertz CT molecular complexity index is 431. The number of nitrogens with two attached hydrogens (primary N) is 1. The number of hydrogen-bond acceptors (Lipinski definition) is 3. The van der Waals surface area contributed by atoms with Crippen LogP contribution < -0.4 is 11.1 Å². The van der Waals surface area contributed by atoms with Gasteiger partial charge < -0.3 is 15.8 Å². The van der Waals surface area contributed by atoms with E-state index in [0.29, 0.717) is 26.1 Å². The van der Waals surface area contributed by atoms with E-state index < -0.39 is 5.54 Å². The number of carbonyl (C=O) groups excluding carboxylic acids is 1. The Kier molecular flexibility index (Phi) is 3.68. The van der Waals surface area contributed by atoms with Gasteiger partial charge in [-0.05, 0) is 49.9 Å². The van der Waals surface area contributed by atoms with E-state index >= 15 is 0 Å². The molecule has 0 unspecified atom stereocenters. The molecular weight excluding hydrogens is 228 g/mol. The molecule has 0 aliphatic carbocycles. The summed E-state index contributed by atoms with van der Waals surface area (Å²) in [6.45, 7) is 5.12. The largest absolute Gasteiger partial charge is 0.381 e. The van der Waals surface area contributed by atoms with Crippen molar-refractivity contribution in [1.29, 1.82) is 0 Å². The molecule has 2 rings (SSSR count). The second-order valence-corrected chi connectivity index (χ2v) is 5.10. The number of carbonyl (C=O) groups is 1. The van der Waals surface area contributed by atoms with Crippen molar-refractivity contribution >= 4 is 11.6 Å². The molecule has 0 spiro atoms. The van der Waals surface area contributed by atoms with Crippen molar-refractivity contribution in [3.8, 4) is 0 Å². The fourth-order valence-electron chi connectivity index (χ4n) is 2.27. The first kappa shape index (κ1) is 13.1. The van der Waals surface area contributed by atoms with Crippen LogP contribution in [0.2, 0.25) is 0 Å². The summed E-state index contributed by atoms with van der Waals surface area (Å²) in [5.74, 6) is -0.115. The highest BCUT2D eigenvalue weighted by Crippen LogP contribution is 2.21. The van der Waals surface area contributed by atoms with Crippen molar-refractivity contribution in [3.63, 3.8) is 0 Å². The molecule has 4 heteroatoms. The molecule has 0 radical (unpaired) electrons. The van der Waals surface area contributed by atoms with Crippen LogP contribution in [0.4, 0.5) is 5.69 Å². The summed E-state index contributed by atoms with van der Waals surface area (Å²) >= 11 is 0. The maximum absolute atomic E-state index is 12.2. The van der Waals surface area contributed by atoms with Crippen molar-refractivity contribution in [2.45, 2.75) is 32.2 Å². The summed E-state index contributed by atoms with van der Waals surface area (Å²) in [6.07, 6.45) is 1.15. The molecule has 3 N–H and O–H groups in total. The van der Waals surface area contributed by atoms with Crippen molar-refractivity contribution in [3.05, 3.63) is 29.3 Å². The molecule has 0 bridgehead atoms. The van der Waals surface area contributed by atoms with Gasteiger partial charge in [0.2, 0.25) is 5.91 Å². The number of amides is 1. The number of rotatable bonds is 2. The van der Waals surface area contributed by atoms with Gasteiger partial charge in [0.15, 0.2) is 0 Å². The van der Waals surface area contributed by atoms with E-state index in [1.807, 2.05) is 26.0 Å². The highest BCUT2D eigenvalue weighted by atomic mass is 16.5. The molecule has 1 aromatic carbocycles. The Morgan fingerprint density at radius 2 is 1.78 bits per heavy atom. The molecule has 1 aliphatic rings. The van der Waals surface area contributed by atoms with Crippen LogP contribution in [0, 0.1) is 13.8 Å². The normalized spacial score (nSPS) is 18.4. The highest BCUT2D eigenvalue weighted by Gasteiger charge is 2.35. The molecule has 1 aromatic rings. The van der Waals surface area contributed by atoms with Crippen LogP contribution in [0.15, 0.2) is 18.2 Å². The van der Waals surface area contributed by atoms with Crippen molar-refractivity contribution in [2.75, 3.05) is 18.5 Å². The SMILES string of the molecule is Cc1cc(C)cc(NC(=O)C2(N)CCOCC2)c1. The summed E-state index contributed by atoms with van der Waals surface area (Å²) in [5.41, 5.74) is 8.41. The van der Waals surface area contributed by atoms with Crippen molar-refractivity contribution < 1.29 is 9.53 Å². The molecule has 98 valence electrons. The van der Waals surface area contributed by atoms with Crippen LogP contribution in [0.25, 0.3) is 0 Å². The summed E-state index contributed by atoms with van der Waals surface area (Å²) < 4.78 is 5.24. The molecule has 0 aromatic heterocycles. The lowest BCUT2D eigenvalue weighted by Crippen LogP contribution is -2.54. The molecule has 18 heavy (non-hydrogen) atoms. The highest BCUT2D eigenvalue weighted by molar-refractivity contribution is 5.98. The molecular formula is C14H20N2O2. The Labute approximate surface area is 108 Å². The van der Waals surface area contributed by atoms with Gasteiger partial charge in [-0.2, -0.15) is 0 Å². The van der Waals surface area contributed by atoms with E-state index in [2.05, 4.69) is 11.4 Å². The average molecular weight is 248 g/mol. The summed E-state index contributed by atoms with van der Waals surface area (Å²) in [6, 6.07) is 5.98. The van der Waals surface area contributed by atoms with E-state index in [1.54, 1.807) is 0 Å². The van der Waals surface area contributed by atoms with Crippen LogP contribution in [-0.4, -0.2) is 24.7 Å². The molecule has 1 aliphatic heterocycles. The minimum absolute atomic E-state index is 0.115. The van der Waals surface area contributed by atoms with Crippen LogP contribution in [0.1, 0.15) is 24.0 Å². The van der Waals surface area contributed by atoms with Crippen LogP contribution in [0.3, 0.4) is 0 Å². The van der Waals surface area contributed by atoms with Gasteiger partial charge in [-0.25, -0.2) is 0 Å². The second kappa shape index (κ2) is 5.08. The maximum Gasteiger partial charge on any atom is 0.244 e. The lowest BCUT2D eigenvalue weighted by atomic mass is 9.90. The van der Waals surface area contributed by atoms with E-state index in [1.165, 1.54) is 0 Å². The van der Waals surface area contributed by atoms with E-state index in [4.69, 9.17) is 10.5 Å². The molecule has 0 atom stereocenters. The van der Waals surface area contributed by atoms with Crippen LogP contribution in [-0.2, 0) is 9.53 Å². The van der Waals surface area contributed by atoms with Gasteiger partial charge in [0, 0.05) is 18.9 Å². The van der Waals surface area contributed by atoms with Crippen LogP contribution in [0.5, 0.6) is 0 Å². The molecule has 1 saturated heterocycles. The number of aryl methyl sites for hydroxylation is 2. The zero-order chi connectivity index (χ0) is 13.2. The van der Waals surface area contributed by atoms with Gasteiger partial charge in [0.25, 0.3) is 0 Å². The third kappa shape index (κ3) is 2.89. The quantitative estimate of drug-likeness (QED) is 0.838. The van der Waals surface area contributed by atoms with Gasteiger partial charge in [0.05, 0.1) is 0 Å². The van der Waals surface area contributed by atoms with Gasteiger partial charge >= 0.3 is 0 Å². The van der Waals surface area contributed by atoms with Gasteiger partial charge in [-0.15, -0.1) is 0 Å². The monoisotopic (exact) mass is 248 g/mol. The first-order valence-electron chi connectivity index (χ1n) is 6.26. The predicted molar refractivity (Wildman–Crippen MR) is 71.5 cm³/mol. The van der Waals surface area contributed by atoms with E-state index in [9.17, 15) is 4.79 Å². The van der Waals surface area contributed by atoms with Gasteiger partial charge in [0.1, 0.15) is 5.54 Å². The first-order chi connectivity index (χ1) is 8.49. The number of nitrogens with one attached hydrogen (secondary N) is 1. The Morgan fingerprint density at radius 1 is 1.22 bits per heavy atom. The molecule has 1 amide bonds. The number of ether oxygens (including phenoxy) is 1. The smallest absolute Gasteiger partial charge is 0.244 e. The standard InChI is InChI=1S/C14H20N2O2/c1-10-7-11(2)9-12(8-10)16-13(17)14(15)3-5-18-6-4-14/h7-9H,3-6,15H2,1-2H3,(H,16,17). The summed E-state index contributed by atoms with van der Waals surface area (Å²) in [7, 11) is 0. The number of benzene rings is 1. The fraction of sp³-hybridized carbons (Fsp3) is 0.500. The molecule has 1 heterocycles. The second-order valence-electron chi connectivity index (χ2n) is 5.10. The molecule has 4 nitrogen and oxygen atoms in total. The first-order valence-corrected chi connectivity index (χ1v) is 6.26. The minimum Gasteiger partial charge on any atom is -0.381 e. The average Bonchev–Trinajstić information content (AvgIpc) is 2.28. The van der Waals surface area contributed by atoms with Gasteiger partial charge in [-0.3, -0.25) is 4.79 Å². The van der Waals surface area contributed by atoms with Crippen molar-refractivity contribution in [2.24, 2.45) is 5.73 Å². The van der Waals surface area contributed by atoms with Gasteiger partial charge in [-0.1, -0.05) is 6.07 Å². The molecule has 1 fully saturated rings. The minimum atomic E-state index is -0.796. The third-order valence-corrected chi connectivity index (χ3v) is 3.32. The van der Waals surface area contributed by atoms with Crippen LogP contribution >= 0.6 is 0 Å². The maximum atomic E-state index is 12.2. The topological polar surface area (TPSA) is 64.4 Å². The predicted octanol–water partition coefficient (Wildman–Crippen LogP) is 1.75. The van der Waals surface area contributed by atoms with Crippen molar-refractivity contribution in [1.82, 2.24) is 0 Å². The number of anilines is 1. The summed E-state index contributed by atoms with van der Waals surface area (Å²) in [4.78, 5) is 12.2. The Hall–Kier alpha value is -1.39.